The number of rotatable bonds is 12. The summed E-state index contributed by atoms with van der Waals surface area (Å²) < 4.78 is 4.78. The maximum absolute atomic E-state index is 12.1. The predicted octanol–water partition coefficient (Wildman–Crippen LogP) is -0.869. The van der Waals surface area contributed by atoms with Crippen LogP contribution in [0, 0.1) is 20.2 Å². The number of aliphatic carboxylic acids is 1. The summed E-state index contributed by atoms with van der Waals surface area (Å²) >= 11 is 3.92. The number of thiol groups is 1. The number of hydrogen-bond donors (Lipinski definition) is 5. The Hall–Kier alpha value is -3.79. The number of carboxylic acids is 1. The van der Waals surface area contributed by atoms with Gasteiger partial charge in [0.1, 0.15) is 18.6 Å². The smallest absolute Gasteiger partial charge is 0.331 e. The third kappa shape index (κ3) is 8.15. The Morgan fingerprint density at radius 1 is 1.19 bits per heavy atom. The number of amides is 2. The van der Waals surface area contributed by atoms with Crippen LogP contribution in [0.4, 0.5) is 11.4 Å². The van der Waals surface area contributed by atoms with Crippen LogP contribution in [0.15, 0.2) is 18.2 Å². The summed E-state index contributed by atoms with van der Waals surface area (Å²) in [5.41, 5.74) is 3.88. The maximum Gasteiger partial charge on any atom is 0.331 e. The van der Waals surface area contributed by atoms with Crippen LogP contribution in [0.25, 0.3) is 0 Å². The number of ether oxygens (including phenoxy) is 1. The molecule has 0 aliphatic carbocycles. The Morgan fingerprint density at radius 2 is 1.84 bits per heavy atom. The van der Waals surface area contributed by atoms with E-state index in [0.717, 1.165) is 12.1 Å². The van der Waals surface area contributed by atoms with Crippen molar-refractivity contribution in [3.8, 4) is 5.75 Å². The number of hydrogen-bond acceptors (Lipinski definition) is 11. The van der Waals surface area contributed by atoms with Crippen LogP contribution in [0.2, 0.25) is 0 Å². The van der Waals surface area contributed by atoms with Gasteiger partial charge >= 0.3 is 17.6 Å². The molecule has 0 aliphatic heterocycles. The fraction of sp³-hybridized carbons (Fsp3) is 0.375. The van der Waals surface area contributed by atoms with Gasteiger partial charge in [-0.05, 0) is 12.5 Å². The number of carbonyl (C=O) groups excluding carboxylic acids is 3. The van der Waals surface area contributed by atoms with Gasteiger partial charge in [0, 0.05) is 18.2 Å². The molecule has 174 valence electrons. The van der Waals surface area contributed by atoms with Crippen LogP contribution in [0.5, 0.6) is 5.75 Å². The SMILES string of the molecule is NC(CCC(=O)NC(CS)C(=O)NCC(=O)Oc1ccc([N+](=O)[O-])cc1[N+](=O)[O-])C(=O)O. The standard InChI is InChI=1S/C16H19N5O10S/c17-9(16(25)26)2-4-13(22)19-10(7-32)15(24)18-6-14(23)31-12-3-1-8(20(27)28)5-11(12)21(29)30/h1,3,5,9-10,32H,2,4,6-7,17H2,(H,18,24)(H,19,22)(H,25,26). The molecule has 0 bridgehead atoms. The number of nitrogens with zero attached hydrogens (tertiary/aromatic N) is 2. The molecule has 5 N–H and O–H groups in total. The number of nitro benzene ring substituents is 2. The number of non-ortho nitro benzene ring substituents is 1. The molecule has 0 spiro atoms. The van der Waals surface area contributed by atoms with Gasteiger partial charge in [-0.3, -0.25) is 34.6 Å². The first kappa shape index (κ1) is 26.2. The lowest BCUT2D eigenvalue weighted by Crippen LogP contribution is -2.49. The molecule has 2 amide bonds. The third-order valence-corrected chi connectivity index (χ3v) is 4.18. The highest BCUT2D eigenvalue weighted by atomic mass is 32.1. The summed E-state index contributed by atoms with van der Waals surface area (Å²) in [4.78, 5) is 66.4. The molecule has 2 atom stereocenters. The molecule has 32 heavy (non-hydrogen) atoms. The van der Waals surface area contributed by atoms with E-state index >= 15 is 0 Å². The lowest BCUT2D eigenvalue weighted by molar-refractivity contribution is -0.394. The number of carbonyl (C=O) groups is 4. The van der Waals surface area contributed by atoms with E-state index in [1.54, 1.807) is 0 Å². The summed E-state index contributed by atoms with van der Waals surface area (Å²) in [5, 5.41) is 34.9. The van der Waals surface area contributed by atoms with Crippen LogP contribution >= 0.6 is 12.6 Å². The van der Waals surface area contributed by atoms with Gasteiger partial charge in [-0.1, -0.05) is 0 Å². The van der Waals surface area contributed by atoms with Crippen molar-refractivity contribution in [2.75, 3.05) is 12.3 Å². The number of nitro groups is 2. The Balaban J connectivity index is 2.65. The van der Waals surface area contributed by atoms with Crippen molar-refractivity contribution in [1.82, 2.24) is 10.6 Å². The Morgan fingerprint density at radius 3 is 2.38 bits per heavy atom. The molecule has 0 aliphatic rings. The molecule has 0 aromatic heterocycles. The molecule has 0 heterocycles. The van der Waals surface area contributed by atoms with Gasteiger partial charge in [-0.2, -0.15) is 12.6 Å². The second-order valence-electron chi connectivity index (χ2n) is 6.14. The quantitative estimate of drug-likeness (QED) is 0.0822. The van der Waals surface area contributed by atoms with Crippen LogP contribution < -0.4 is 21.1 Å². The molecule has 0 saturated carbocycles. The molecule has 15 nitrogen and oxygen atoms in total. The number of nitrogens with one attached hydrogen (secondary N) is 2. The Kier molecular flexibility index (Phi) is 9.97. The van der Waals surface area contributed by atoms with Gasteiger partial charge in [0.05, 0.1) is 15.9 Å². The van der Waals surface area contributed by atoms with E-state index in [1.807, 2.05) is 0 Å². The van der Waals surface area contributed by atoms with Crippen LogP contribution in [0.3, 0.4) is 0 Å². The van der Waals surface area contributed by atoms with Crippen LogP contribution in [-0.4, -0.2) is 63.1 Å². The molecule has 1 aromatic rings. The van der Waals surface area contributed by atoms with Crippen molar-refractivity contribution in [2.24, 2.45) is 5.73 Å². The van der Waals surface area contributed by atoms with Gasteiger partial charge < -0.3 is 26.2 Å². The number of benzene rings is 1. The Bertz CT molecular complexity index is 924. The minimum atomic E-state index is -1.28. The normalized spacial score (nSPS) is 12.2. The van der Waals surface area contributed by atoms with Gasteiger partial charge in [0.2, 0.25) is 17.6 Å². The zero-order chi connectivity index (χ0) is 24.4. The molecule has 16 heteroatoms. The van der Waals surface area contributed by atoms with Crippen molar-refractivity contribution in [2.45, 2.75) is 24.9 Å². The number of esters is 1. The minimum absolute atomic E-state index is 0.161. The summed E-state index contributed by atoms with van der Waals surface area (Å²) in [6, 6.07) is -0.0363. The van der Waals surface area contributed by atoms with Gasteiger partial charge in [-0.25, -0.2) is 4.79 Å². The summed E-state index contributed by atoms with van der Waals surface area (Å²) in [6.07, 6.45) is -0.431. The lowest BCUT2D eigenvalue weighted by atomic mass is 10.1. The van der Waals surface area contributed by atoms with Gasteiger partial charge in [0.15, 0.2) is 0 Å². The first-order chi connectivity index (χ1) is 15.0. The van der Waals surface area contributed by atoms with Gasteiger partial charge in [-0.15, -0.1) is 0 Å². The average molecular weight is 473 g/mol. The summed E-state index contributed by atoms with van der Waals surface area (Å²) in [5.74, 6) is -4.62. The van der Waals surface area contributed by atoms with Crippen molar-refractivity contribution in [3.63, 3.8) is 0 Å². The predicted molar refractivity (Wildman–Crippen MR) is 109 cm³/mol. The van der Waals surface area contributed by atoms with E-state index in [2.05, 4.69) is 23.3 Å². The molecule has 1 aromatic carbocycles. The second-order valence-corrected chi connectivity index (χ2v) is 6.51. The molecular formula is C16H19N5O10S. The third-order valence-electron chi connectivity index (χ3n) is 3.81. The zero-order valence-corrected chi connectivity index (χ0v) is 17.2. The topological polar surface area (TPSA) is 234 Å². The van der Waals surface area contributed by atoms with E-state index in [4.69, 9.17) is 15.6 Å². The fourth-order valence-electron chi connectivity index (χ4n) is 2.16. The lowest BCUT2D eigenvalue weighted by Gasteiger charge is -2.16. The summed E-state index contributed by atoms with van der Waals surface area (Å²) in [6.45, 7) is -0.739. The van der Waals surface area contributed by atoms with E-state index in [-0.39, 0.29) is 18.6 Å². The molecule has 0 radical (unpaired) electrons. The average Bonchev–Trinajstić information content (AvgIpc) is 2.73. The summed E-state index contributed by atoms with van der Waals surface area (Å²) in [7, 11) is 0. The van der Waals surface area contributed by atoms with E-state index in [1.165, 1.54) is 0 Å². The van der Waals surface area contributed by atoms with E-state index < -0.39 is 69.4 Å². The molecular weight excluding hydrogens is 454 g/mol. The van der Waals surface area contributed by atoms with Crippen molar-refractivity contribution < 1.29 is 38.9 Å². The largest absolute Gasteiger partial charge is 0.480 e. The molecule has 1 rings (SSSR count). The second kappa shape index (κ2) is 12.2. The van der Waals surface area contributed by atoms with E-state index in [0.29, 0.717) is 6.07 Å². The Labute approximate surface area is 185 Å². The molecule has 2 unspecified atom stereocenters. The fourth-order valence-corrected chi connectivity index (χ4v) is 2.42. The highest BCUT2D eigenvalue weighted by Crippen LogP contribution is 2.30. The molecule has 0 saturated heterocycles. The molecule has 0 fully saturated rings. The highest BCUT2D eigenvalue weighted by molar-refractivity contribution is 7.80. The van der Waals surface area contributed by atoms with Gasteiger partial charge in [0.25, 0.3) is 5.69 Å². The number of carboxylic acid groups (broad SMARTS) is 1. The van der Waals surface area contributed by atoms with Crippen LogP contribution in [-0.2, 0) is 19.2 Å². The minimum Gasteiger partial charge on any atom is -0.480 e. The first-order valence-electron chi connectivity index (χ1n) is 8.76. The zero-order valence-electron chi connectivity index (χ0n) is 16.3. The highest BCUT2D eigenvalue weighted by Gasteiger charge is 2.24. The maximum atomic E-state index is 12.1. The van der Waals surface area contributed by atoms with Crippen molar-refractivity contribution in [1.29, 1.82) is 0 Å². The monoisotopic (exact) mass is 473 g/mol. The first-order valence-corrected chi connectivity index (χ1v) is 9.39. The van der Waals surface area contributed by atoms with E-state index in [9.17, 15) is 39.4 Å². The van der Waals surface area contributed by atoms with Crippen LogP contribution in [0.1, 0.15) is 12.8 Å². The number of nitrogens with two attached hydrogens (primary N) is 1. The van der Waals surface area contributed by atoms with Crippen molar-refractivity contribution >= 4 is 47.8 Å². The van der Waals surface area contributed by atoms with Crippen molar-refractivity contribution in [3.05, 3.63) is 38.4 Å².